The predicted octanol–water partition coefficient (Wildman–Crippen LogP) is 2.08. The summed E-state index contributed by atoms with van der Waals surface area (Å²) in [6.45, 7) is 3.95. The summed E-state index contributed by atoms with van der Waals surface area (Å²) in [6, 6.07) is 0. The first-order valence-corrected chi connectivity index (χ1v) is 7.15. The van der Waals surface area contributed by atoms with Crippen LogP contribution in [0, 0.1) is 0 Å². The number of amides is 1. The molecular formula is C12H15BrClN5O. The molecule has 0 atom stereocenters. The van der Waals surface area contributed by atoms with Crippen molar-refractivity contribution in [1.29, 1.82) is 0 Å². The first-order valence-electron chi connectivity index (χ1n) is 5.97. The molecule has 2 rings (SSSR count). The van der Waals surface area contributed by atoms with Gasteiger partial charge in [-0.1, -0.05) is 11.6 Å². The molecule has 0 aromatic carbocycles. The molecule has 0 aliphatic rings. The fourth-order valence-corrected chi connectivity index (χ4v) is 2.35. The molecule has 0 radical (unpaired) electrons. The van der Waals surface area contributed by atoms with Crippen LogP contribution in [0.25, 0.3) is 0 Å². The Morgan fingerprint density at radius 1 is 1.45 bits per heavy atom. The van der Waals surface area contributed by atoms with Crippen molar-refractivity contribution in [3.05, 3.63) is 33.8 Å². The molecule has 0 spiro atoms. The van der Waals surface area contributed by atoms with Gasteiger partial charge in [0.1, 0.15) is 5.54 Å². The smallest absolute Gasteiger partial charge is 0.247 e. The van der Waals surface area contributed by atoms with Crippen molar-refractivity contribution in [3.8, 4) is 0 Å². The minimum Gasteiger partial charge on any atom is -0.348 e. The molecule has 2 heterocycles. The second kappa shape index (κ2) is 5.57. The van der Waals surface area contributed by atoms with Crippen LogP contribution >= 0.6 is 27.5 Å². The van der Waals surface area contributed by atoms with Crippen molar-refractivity contribution in [3.63, 3.8) is 0 Å². The van der Waals surface area contributed by atoms with Crippen molar-refractivity contribution in [2.24, 2.45) is 7.05 Å². The van der Waals surface area contributed by atoms with E-state index in [1.165, 1.54) is 6.20 Å². The van der Waals surface area contributed by atoms with Gasteiger partial charge in [0, 0.05) is 13.2 Å². The van der Waals surface area contributed by atoms with Crippen LogP contribution in [0.15, 0.2) is 23.1 Å². The van der Waals surface area contributed by atoms with Crippen molar-refractivity contribution >= 4 is 33.4 Å². The third kappa shape index (κ3) is 2.88. The van der Waals surface area contributed by atoms with Gasteiger partial charge < -0.3 is 5.32 Å². The van der Waals surface area contributed by atoms with E-state index in [-0.39, 0.29) is 5.91 Å². The minimum absolute atomic E-state index is 0.148. The number of nitrogens with zero attached hydrogens (tertiary/aromatic N) is 4. The highest BCUT2D eigenvalue weighted by molar-refractivity contribution is 9.10. The Bertz CT molecular complexity index is 614. The lowest BCUT2D eigenvalue weighted by Crippen LogP contribution is -2.44. The summed E-state index contributed by atoms with van der Waals surface area (Å²) >= 11 is 9.23. The molecule has 0 unspecified atom stereocenters. The number of rotatable bonds is 4. The molecule has 0 aliphatic heterocycles. The van der Waals surface area contributed by atoms with Gasteiger partial charge in [0.05, 0.1) is 34.1 Å². The monoisotopic (exact) mass is 359 g/mol. The van der Waals surface area contributed by atoms with Gasteiger partial charge in [0.25, 0.3) is 0 Å². The van der Waals surface area contributed by atoms with Crippen molar-refractivity contribution < 1.29 is 4.79 Å². The van der Waals surface area contributed by atoms with Crippen LogP contribution in [0.4, 0.5) is 0 Å². The van der Waals surface area contributed by atoms with E-state index in [0.717, 1.165) is 10.2 Å². The van der Waals surface area contributed by atoms with Crippen LogP contribution < -0.4 is 5.32 Å². The molecule has 0 fully saturated rings. The van der Waals surface area contributed by atoms with E-state index in [1.807, 2.05) is 7.05 Å². The summed E-state index contributed by atoms with van der Waals surface area (Å²) in [5, 5.41) is 11.6. The van der Waals surface area contributed by atoms with Gasteiger partial charge in [-0.3, -0.25) is 14.2 Å². The van der Waals surface area contributed by atoms with E-state index in [2.05, 4.69) is 31.4 Å². The third-order valence-electron chi connectivity index (χ3n) is 3.11. The number of aromatic nitrogens is 4. The van der Waals surface area contributed by atoms with Crippen LogP contribution in [0.5, 0.6) is 0 Å². The maximum atomic E-state index is 12.3. The lowest BCUT2D eigenvalue weighted by Gasteiger charge is -2.24. The first kappa shape index (κ1) is 15.1. The lowest BCUT2D eigenvalue weighted by molar-refractivity contribution is -0.129. The number of nitrogens with one attached hydrogen (secondary N) is 1. The zero-order chi connectivity index (χ0) is 14.9. The van der Waals surface area contributed by atoms with E-state index < -0.39 is 5.54 Å². The highest BCUT2D eigenvalue weighted by atomic mass is 79.9. The number of hydrogen-bond donors (Lipinski definition) is 1. The summed E-state index contributed by atoms with van der Waals surface area (Å²) in [5.41, 5.74) is 0.0747. The van der Waals surface area contributed by atoms with Crippen LogP contribution in [-0.2, 0) is 23.9 Å². The van der Waals surface area contributed by atoms with Gasteiger partial charge in [0.15, 0.2) is 0 Å². The summed E-state index contributed by atoms with van der Waals surface area (Å²) < 4.78 is 4.12. The summed E-state index contributed by atoms with van der Waals surface area (Å²) in [7, 11) is 1.82. The SMILES string of the molecule is Cn1ncc(Br)c1CNC(=O)C(C)(C)n1cc(Cl)cn1. The molecule has 0 aliphatic carbocycles. The quantitative estimate of drug-likeness (QED) is 0.908. The van der Waals surface area contributed by atoms with E-state index >= 15 is 0 Å². The lowest BCUT2D eigenvalue weighted by atomic mass is 10.1. The van der Waals surface area contributed by atoms with E-state index in [1.54, 1.807) is 35.6 Å². The van der Waals surface area contributed by atoms with Gasteiger partial charge in [-0.15, -0.1) is 0 Å². The largest absolute Gasteiger partial charge is 0.348 e. The molecule has 0 bridgehead atoms. The van der Waals surface area contributed by atoms with Gasteiger partial charge in [-0.05, 0) is 29.8 Å². The molecule has 20 heavy (non-hydrogen) atoms. The second-order valence-corrected chi connectivity index (χ2v) is 6.20. The molecular weight excluding hydrogens is 346 g/mol. The topological polar surface area (TPSA) is 64.7 Å². The Morgan fingerprint density at radius 3 is 2.65 bits per heavy atom. The number of carbonyl (C=O) groups is 1. The van der Waals surface area contributed by atoms with Crippen molar-refractivity contribution in [1.82, 2.24) is 24.9 Å². The molecule has 8 heteroatoms. The number of aryl methyl sites for hydroxylation is 1. The molecule has 2 aromatic heterocycles. The van der Waals surface area contributed by atoms with Crippen molar-refractivity contribution in [2.45, 2.75) is 25.9 Å². The van der Waals surface area contributed by atoms with Gasteiger partial charge in [-0.25, -0.2) is 0 Å². The van der Waals surface area contributed by atoms with Crippen LogP contribution in [0.1, 0.15) is 19.5 Å². The zero-order valence-corrected chi connectivity index (χ0v) is 13.7. The van der Waals surface area contributed by atoms with Crippen LogP contribution in [0.3, 0.4) is 0 Å². The average Bonchev–Trinajstić information content (AvgIpc) is 2.95. The van der Waals surface area contributed by atoms with E-state index in [4.69, 9.17) is 11.6 Å². The maximum absolute atomic E-state index is 12.3. The minimum atomic E-state index is -0.821. The maximum Gasteiger partial charge on any atom is 0.247 e. The zero-order valence-electron chi connectivity index (χ0n) is 11.4. The molecule has 108 valence electrons. The first-order chi connectivity index (χ1) is 9.32. The summed E-state index contributed by atoms with van der Waals surface area (Å²) in [5.74, 6) is -0.148. The highest BCUT2D eigenvalue weighted by Gasteiger charge is 2.30. The molecule has 6 nitrogen and oxygen atoms in total. The Morgan fingerprint density at radius 2 is 2.15 bits per heavy atom. The Labute approximate surface area is 130 Å². The van der Waals surface area contributed by atoms with Gasteiger partial charge in [0.2, 0.25) is 5.91 Å². The fraction of sp³-hybridized carbons (Fsp3) is 0.417. The Hall–Kier alpha value is -1.34. The predicted molar refractivity (Wildman–Crippen MR) is 79.3 cm³/mol. The normalized spacial score (nSPS) is 11.7. The molecule has 0 saturated heterocycles. The van der Waals surface area contributed by atoms with Crippen LogP contribution in [0.2, 0.25) is 5.02 Å². The fourth-order valence-electron chi connectivity index (χ4n) is 1.73. The number of hydrogen-bond acceptors (Lipinski definition) is 3. The third-order valence-corrected chi connectivity index (χ3v) is 3.96. The van der Waals surface area contributed by atoms with E-state index in [9.17, 15) is 4.79 Å². The standard InChI is InChI=1S/C12H15BrClN5O/c1-12(2,19-7-8(14)4-17-19)11(20)15-6-10-9(13)5-16-18(10)3/h4-5,7H,6H2,1-3H3,(H,15,20). The number of carbonyl (C=O) groups excluding carboxylic acids is 1. The summed E-state index contributed by atoms with van der Waals surface area (Å²) in [4.78, 5) is 12.3. The second-order valence-electron chi connectivity index (χ2n) is 4.91. The Kier molecular flexibility index (Phi) is 4.19. The van der Waals surface area contributed by atoms with Gasteiger partial charge in [-0.2, -0.15) is 10.2 Å². The summed E-state index contributed by atoms with van der Waals surface area (Å²) in [6.07, 6.45) is 4.83. The average molecular weight is 361 g/mol. The molecule has 1 amide bonds. The van der Waals surface area contributed by atoms with Crippen LogP contribution in [-0.4, -0.2) is 25.5 Å². The van der Waals surface area contributed by atoms with Gasteiger partial charge >= 0.3 is 0 Å². The molecule has 2 aromatic rings. The Balaban J connectivity index is 2.08. The molecule has 1 N–H and O–H groups in total. The van der Waals surface area contributed by atoms with E-state index in [0.29, 0.717) is 11.6 Å². The highest BCUT2D eigenvalue weighted by Crippen LogP contribution is 2.19. The number of halogens is 2. The van der Waals surface area contributed by atoms with Crippen molar-refractivity contribution in [2.75, 3.05) is 0 Å². The molecule has 0 saturated carbocycles.